The van der Waals surface area contributed by atoms with Crippen molar-refractivity contribution in [2.45, 2.75) is 32.9 Å². The monoisotopic (exact) mass is 273 g/mol. The van der Waals surface area contributed by atoms with E-state index in [0.717, 1.165) is 18.1 Å². The van der Waals surface area contributed by atoms with Crippen molar-refractivity contribution in [3.8, 4) is 5.75 Å². The number of benzene rings is 2. The molecule has 1 atom stereocenters. The average molecular weight is 273 g/mol. The van der Waals surface area contributed by atoms with Gasteiger partial charge in [-0.25, -0.2) is 4.39 Å². The van der Waals surface area contributed by atoms with Crippen molar-refractivity contribution < 1.29 is 9.50 Å². The number of halogens is 1. The molecule has 0 saturated carbocycles. The normalized spacial score (nSPS) is 12.3. The molecule has 1 unspecified atom stereocenters. The number of rotatable bonds is 5. The largest absolute Gasteiger partial charge is 0.508 e. The van der Waals surface area contributed by atoms with Crippen LogP contribution in [-0.4, -0.2) is 11.1 Å². The topological polar surface area (TPSA) is 32.3 Å². The van der Waals surface area contributed by atoms with Crippen LogP contribution in [0, 0.1) is 12.7 Å². The van der Waals surface area contributed by atoms with Crippen molar-refractivity contribution in [3.05, 3.63) is 65.0 Å². The lowest BCUT2D eigenvalue weighted by Gasteiger charge is -2.15. The molecule has 0 aromatic heterocycles. The Balaban J connectivity index is 1.92. The quantitative estimate of drug-likeness (QED) is 0.873. The summed E-state index contributed by atoms with van der Waals surface area (Å²) in [6.07, 6.45) is 0.925. The summed E-state index contributed by atoms with van der Waals surface area (Å²) in [5.74, 6) is -0.443. The van der Waals surface area contributed by atoms with E-state index in [9.17, 15) is 9.50 Å². The maximum absolute atomic E-state index is 13.2. The number of nitrogens with one attached hydrogen (secondary N) is 1. The fourth-order valence-electron chi connectivity index (χ4n) is 2.27. The Morgan fingerprint density at radius 2 is 1.95 bits per heavy atom. The van der Waals surface area contributed by atoms with E-state index in [-0.39, 0.29) is 11.8 Å². The Hall–Kier alpha value is -1.87. The Labute approximate surface area is 119 Å². The minimum Gasteiger partial charge on any atom is -0.508 e. The van der Waals surface area contributed by atoms with Gasteiger partial charge in [0.2, 0.25) is 0 Å². The van der Waals surface area contributed by atoms with Crippen LogP contribution in [0.1, 0.15) is 23.6 Å². The molecule has 3 heteroatoms. The molecule has 0 fully saturated rings. The first-order valence-corrected chi connectivity index (χ1v) is 6.81. The van der Waals surface area contributed by atoms with Crippen LogP contribution in [0.15, 0.2) is 42.5 Å². The van der Waals surface area contributed by atoms with Crippen LogP contribution in [0.4, 0.5) is 4.39 Å². The predicted molar refractivity (Wildman–Crippen MR) is 79.2 cm³/mol. The first-order chi connectivity index (χ1) is 9.54. The first-order valence-electron chi connectivity index (χ1n) is 6.81. The van der Waals surface area contributed by atoms with Gasteiger partial charge in [0, 0.05) is 18.7 Å². The van der Waals surface area contributed by atoms with Gasteiger partial charge in [0.15, 0.2) is 0 Å². The summed E-state index contributed by atoms with van der Waals surface area (Å²) in [7, 11) is 0. The highest BCUT2D eigenvalue weighted by molar-refractivity contribution is 5.29. The summed E-state index contributed by atoms with van der Waals surface area (Å²) < 4.78 is 13.2. The Morgan fingerprint density at radius 1 is 1.20 bits per heavy atom. The predicted octanol–water partition coefficient (Wildman–Crippen LogP) is 3.56. The van der Waals surface area contributed by atoms with Crippen molar-refractivity contribution in [1.29, 1.82) is 0 Å². The molecule has 0 bridgehead atoms. The molecule has 0 aliphatic heterocycles. The van der Waals surface area contributed by atoms with Crippen LogP contribution in [0.25, 0.3) is 0 Å². The SMILES string of the molecule is Cc1ccccc1CC(C)NCc1cc(O)cc(F)c1. The molecular formula is C17H20FNO. The molecule has 0 radical (unpaired) electrons. The molecule has 2 nitrogen and oxygen atoms in total. The second kappa shape index (κ2) is 6.53. The van der Waals surface area contributed by atoms with Crippen LogP contribution in [-0.2, 0) is 13.0 Å². The third-order valence-electron chi connectivity index (χ3n) is 3.38. The minimum absolute atomic E-state index is 0.0339. The van der Waals surface area contributed by atoms with Gasteiger partial charge < -0.3 is 10.4 Å². The van der Waals surface area contributed by atoms with E-state index in [0.29, 0.717) is 6.54 Å². The van der Waals surface area contributed by atoms with Gasteiger partial charge in [0.1, 0.15) is 11.6 Å². The molecule has 106 valence electrons. The zero-order valence-electron chi connectivity index (χ0n) is 11.9. The third-order valence-corrected chi connectivity index (χ3v) is 3.38. The number of hydrogen-bond acceptors (Lipinski definition) is 2. The van der Waals surface area contributed by atoms with E-state index in [1.807, 2.05) is 12.1 Å². The number of aromatic hydroxyl groups is 1. The van der Waals surface area contributed by atoms with E-state index >= 15 is 0 Å². The van der Waals surface area contributed by atoms with Crippen molar-refractivity contribution in [2.75, 3.05) is 0 Å². The molecule has 2 aromatic rings. The molecule has 20 heavy (non-hydrogen) atoms. The first kappa shape index (κ1) is 14.5. The Morgan fingerprint density at radius 3 is 2.65 bits per heavy atom. The van der Waals surface area contributed by atoms with Gasteiger partial charge in [-0.05, 0) is 49.1 Å². The summed E-state index contributed by atoms with van der Waals surface area (Å²) in [6, 6.07) is 12.7. The molecular weight excluding hydrogens is 253 g/mol. The number of phenolic OH excluding ortho intramolecular Hbond substituents is 1. The fourth-order valence-corrected chi connectivity index (χ4v) is 2.27. The van der Waals surface area contributed by atoms with E-state index < -0.39 is 5.82 Å². The molecule has 0 heterocycles. The highest BCUT2D eigenvalue weighted by Crippen LogP contribution is 2.15. The average Bonchev–Trinajstić information content (AvgIpc) is 2.38. The summed E-state index contributed by atoms with van der Waals surface area (Å²) >= 11 is 0. The van der Waals surface area contributed by atoms with Crippen LogP contribution in [0.5, 0.6) is 5.75 Å². The molecule has 0 saturated heterocycles. The highest BCUT2D eigenvalue weighted by atomic mass is 19.1. The molecule has 0 amide bonds. The third kappa shape index (κ3) is 4.07. The zero-order chi connectivity index (χ0) is 14.5. The fraction of sp³-hybridized carbons (Fsp3) is 0.294. The summed E-state index contributed by atoms with van der Waals surface area (Å²) in [4.78, 5) is 0. The zero-order valence-corrected chi connectivity index (χ0v) is 11.9. The molecule has 2 aromatic carbocycles. The number of aryl methyl sites for hydroxylation is 1. The number of phenols is 1. The molecule has 2 N–H and O–H groups in total. The van der Waals surface area contributed by atoms with Crippen molar-refractivity contribution in [1.82, 2.24) is 5.32 Å². The Bertz CT molecular complexity index is 563. The molecule has 0 aliphatic rings. The lowest BCUT2D eigenvalue weighted by Crippen LogP contribution is -2.27. The maximum Gasteiger partial charge on any atom is 0.127 e. The second-order valence-corrected chi connectivity index (χ2v) is 5.23. The maximum atomic E-state index is 13.2. The highest BCUT2D eigenvalue weighted by Gasteiger charge is 2.06. The second-order valence-electron chi connectivity index (χ2n) is 5.23. The van der Waals surface area contributed by atoms with Gasteiger partial charge in [0.05, 0.1) is 0 Å². The van der Waals surface area contributed by atoms with Crippen molar-refractivity contribution >= 4 is 0 Å². The van der Waals surface area contributed by atoms with E-state index in [4.69, 9.17) is 0 Å². The molecule has 2 rings (SSSR count). The summed E-state index contributed by atoms with van der Waals surface area (Å²) in [5, 5.41) is 12.7. The van der Waals surface area contributed by atoms with Gasteiger partial charge in [-0.1, -0.05) is 24.3 Å². The van der Waals surface area contributed by atoms with Crippen molar-refractivity contribution in [2.24, 2.45) is 0 Å². The summed E-state index contributed by atoms with van der Waals surface area (Å²) in [6.45, 7) is 4.75. The van der Waals surface area contributed by atoms with Gasteiger partial charge in [-0.3, -0.25) is 0 Å². The van der Waals surface area contributed by atoms with Gasteiger partial charge >= 0.3 is 0 Å². The smallest absolute Gasteiger partial charge is 0.127 e. The van der Waals surface area contributed by atoms with E-state index in [2.05, 4.69) is 31.3 Å². The standard InChI is InChI=1S/C17H20FNO/c1-12-5-3-4-6-15(12)7-13(2)19-11-14-8-16(18)10-17(20)9-14/h3-6,8-10,13,19-20H,7,11H2,1-2H3. The van der Waals surface area contributed by atoms with Crippen LogP contribution in [0.3, 0.4) is 0 Å². The molecule has 0 aliphatic carbocycles. The van der Waals surface area contributed by atoms with E-state index in [1.165, 1.54) is 17.2 Å². The minimum atomic E-state index is -0.409. The lowest BCUT2D eigenvalue weighted by atomic mass is 10.0. The van der Waals surface area contributed by atoms with Gasteiger partial charge in [-0.15, -0.1) is 0 Å². The summed E-state index contributed by atoms with van der Waals surface area (Å²) in [5.41, 5.74) is 3.35. The van der Waals surface area contributed by atoms with E-state index in [1.54, 1.807) is 6.07 Å². The van der Waals surface area contributed by atoms with Crippen LogP contribution >= 0.6 is 0 Å². The van der Waals surface area contributed by atoms with Gasteiger partial charge in [-0.2, -0.15) is 0 Å². The van der Waals surface area contributed by atoms with Crippen molar-refractivity contribution in [3.63, 3.8) is 0 Å². The van der Waals surface area contributed by atoms with Gasteiger partial charge in [0.25, 0.3) is 0 Å². The Kier molecular flexibility index (Phi) is 4.74. The van der Waals surface area contributed by atoms with Crippen LogP contribution in [0.2, 0.25) is 0 Å². The molecule has 0 spiro atoms. The number of hydrogen-bond donors (Lipinski definition) is 2. The van der Waals surface area contributed by atoms with Crippen LogP contribution < -0.4 is 5.32 Å². The lowest BCUT2D eigenvalue weighted by molar-refractivity contribution is 0.466.